The van der Waals surface area contributed by atoms with Gasteiger partial charge >= 0.3 is 6.03 Å². The monoisotopic (exact) mass is 428 g/mol. The Morgan fingerprint density at radius 2 is 1.86 bits per heavy atom. The molecule has 2 fully saturated rings. The van der Waals surface area contributed by atoms with Crippen molar-refractivity contribution in [1.29, 1.82) is 0 Å². The number of benzene rings is 1. The van der Waals surface area contributed by atoms with E-state index in [0.717, 1.165) is 39.3 Å². The molecule has 0 bridgehead atoms. The van der Waals surface area contributed by atoms with E-state index in [9.17, 15) is 4.79 Å². The Kier molecular flexibility index (Phi) is 7.10. The Morgan fingerprint density at radius 3 is 2.50 bits per heavy atom. The van der Waals surface area contributed by atoms with Crippen molar-refractivity contribution in [3.8, 4) is 0 Å². The molecule has 1 aromatic carbocycles. The van der Waals surface area contributed by atoms with Gasteiger partial charge < -0.3 is 15.0 Å². The number of nitrogens with one attached hydrogen (secondary N) is 1. The summed E-state index contributed by atoms with van der Waals surface area (Å²) in [5.41, 5.74) is 0.823. The van der Waals surface area contributed by atoms with Crippen LogP contribution < -0.4 is 5.32 Å². The number of ether oxygens (including phenoxy) is 1. The highest BCUT2D eigenvalue weighted by molar-refractivity contribution is 6.42. The second kappa shape index (κ2) is 9.18. The van der Waals surface area contributed by atoms with Gasteiger partial charge in [0.15, 0.2) is 0 Å². The minimum atomic E-state index is -0.106. The van der Waals surface area contributed by atoms with Crippen LogP contribution in [0.5, 0.6) is 0 Å². The number of piperazine rings is 1. The molecule has 2 heterocycles. The lowest BCUT2D eigenvalue weighted by atomic mass is 10.0. The van der Waals surface area contributed by atoms with Gasteiger partial charge in [0.2, 0.25) is 0 Å². The summed E-state index contributed by atoms with van der Waals surface area (Å²) in [5, 5.41) is 3.80. The number of nitrogens with zero attached hydrogens (tertiary/aromatic N) is 3. The Labute approximate surface area is 177 Å². The molecular weight excluding hydrogens is 399 g/mol. The van der Waals surface area contributed by atoms with E-state index in [-0.39, 0.29) is 17.7 Å². The quantitative estimate of drug-likeness (QED) is 0.797. The van der Waals surface area contributed by atoms with E-state index in [2.05, 4.69) is 35.9 Å². The molecule has 1 aromatic rings. The first-order chi connectivity index (χ1) is 13.2. The third kappa shape index (κ3) is 5.74. The molecule has 8 heteroatoms. The summed E-state index contributed by atoms with van der Waals surface area (Å²) < 4.78 is 5.98. The number of rotatable bonds is 3. The number of urea groups is 1. The van der Waals surface area contributed by atoms with Crippen LogP contribution in [0.25, 0.3) is 0 Å². The van der Waals surface area contributed by atoms with E-state index >= 15 is 0 Å². The average molecular weight is 429 g/mol. The zero-order valence-corrected chi connectivity index (χ0v) is 18.4. The second-order valence-corrected chi connectivity index (χ2v) is 9.27. The predicted molar refractivity (Wildman–Crippen MR) is 115 cm³/mol. The molecular formula is C20H30Cl2N4O2. The lowest BCUT2D eigenvalue weighted by Gasteiger charge is -2.43. The molecule has 2 aliphatic rings. The van der Waals surface area contributed by atoms with Crippen LogP contribution in [0.4, 0.5) is 10.5 Å². The van der Waals surface area contributed by atoms with Crippen LogP contribution in [0.3, 0.4) is 0 Å². The zero-order chi connectivity index (χ0) is 20.3. The summed E-state index contributed by atoms with van der Waals surface area (Å²) >= 11 is 11.9. The van der Waals surface area contributed by atoms with Crippen LogP contribution in [-0.4, -0.2) is 84.8 Å². The molecule has 1 atom stereocenters. The van der Waals surface area contributed by atoms with Crippen molar-refractivity contribution < 1.29 is 9.53 Å². The van der Waals surface area contributed by atoms with Gasteiger partial charge in [0.25, 0.3) is 0 Å². The third-order valence-electron chi connectivity index (χ3n) is 5.38. The highest BCUT2D eigenvalue weighted by Gasteiger charge is 2.30. The van der Waals surface area contributed by atoms with E-state index < -0.39 is 0 Å². The molecule has 3 rings (SSSR count). The number of hydrogen-bond acceptors (Lipinski definition) is 4. The smallest absolute Gasteiger partial charge is 0.321 e. The summed E-state index contributed by atoms with van der Waals surface area (Å²) in [5.74, 6) is 0. The van der Waals surface area contributed by atoms with Crippen LogP contribution in [0.1, 0.15) is 20.8 Å². The summed E-state index contributed by atoms with van der Waals surface area (Å²) in [6.45, 7) is 13.5. The molecule has 2 amide bonds. The Hall–Kier alpha value is -1.05. The number of halogens is 2. The molecule has 0 aliphatic carbocycles. The second-order valence-electron chi connectivity index (χ2n) is 8.46. The molecule has 0 aromatic heterocycles. The van der Waals surface area contributed by atoms with E-state index in [1.54, 1.807) is 18.2 Å². The van der Waals surface area contributed by atoms with Crippen molar-refractivity contribution in [3.05, 3.63) is 28.2 Å². The normalized spacial score (nSPS) is 22.3. The summed E-state index contributed by atoms with van der Waals surface area (Å²) in [6.07, 6.45) is 0.226. The maximum Gasteiger partial charge on any atom is 0.321 e. The van der Waals surface area contributed by atoms with Crippen molar-refractivity contribution >= 4 is 34.9 Å². The number of amides is 2. The lowest BCUT2D eigenvalue weighted by molar-refractivity contribution is -0.0713. The highest BCUT2D eigenvalue weighted by atomic mass is 35.5. The van der Waals surface area contributed by atoms with E-state index in [1.807, 2.05) is 4.90 Å². The van der Waals surface area contributed by atoms with Gasteiger partial charge in [-0.15, -0.1) is 0 Å². The first-order valence-electron chi connectivity index (χ1n) is 9.82. The van der Waals surface area contributed by atoms with Gasteiger partial charge in [0.05, 0.1) is 22.8 Å². The first kappa shape index (κ1) is 21.7. The molecule has 0 spiro atoms. The van der Waals surface area contributed by atoms with Crippen molar-refractivity contribution in [2.75, 3.05) is 57.7 Å². The molecule has 156 valence electrons. The zero-order valence-electron chi connectivity index (χ0n) is 16.9. The Bertz CT molecular complexity index is 687. The Balaban J connectivity index is 1.45. The molecule has 0 saturated carbocycles. The molecule has 0 unspecified atom stereocenters. The van der Waals surface area contributed by atoms with Crippen LogP contribution in [-0.2, 0) is 4.74 Å². The predicted octanol–water partition coefficient (Wildman–Crippen LogP) is 3.64. The highest BCUT2D eigenvalue weighted by Crippen LogP contribution is 2.25. The van der Waals surface area contributed by atoms with Crippen LogP contribution in [0.15, 0.2) is 18.2 Å². The standard InChI is InChI=1S/C20H30Cl2N4O2/c1-20(2,3)26-10-11-28-16(14-26)13-24-6-8-25(9-7-24)19(27)23-15-4-5-17(21)18(22)12-15/h4-5,12,16H,6-11,13-14H2,1-3H3,(H,23,27)/t16-/m0/s1. The fraction of sp³-hybridized carbons (Fsp3) is 0.650. The van der Waals surface area contributed by atoms with Gasteiger partial charge in [-0.05, 0) is 39.0 Å². The largest absolute Gasteiger partial charge is 0.374 e. The number of morpholine rings is 1. The third-order valence-corrected chi connectivity index (χ3v) is 6.12. The molecule has 2 saturated heterocycles. The minimum absolute atomic E-state index is 0.106. The van der Waals surface area contributed by atoms with Crippen molar-refractivity contribution in [2.24, 2.45) is 0 Å². The van der Waals surface area contributed by atoms with Gasteiger partial charge in [0, 0.05) is 57.0 Å². The topological polar surface area (TPSA) is 48.1 Å². The average Bonchev–Trinajstić information content (AvgIpc) is 2.65. The maximum atomic E-state index is 12.5. The van der Waals surface area contributed by atoms with Gasteiger partial charge in [0.1, 0.15) is 0 Å². The van der Waals surface area contributed by atoms with Crippen LogP contribution >= 0.6 is 23.2 Å². The molecule has 28 heavy (non-hydrogen) atoms. The fourth-order valence-corrected chi connectivity index (χ4v) is 3.94. The number of carbonyl (C=O) groups is 1. The van der Waals surface area contributed by atoms with Gasteiger partial charge in [-0.1, -0.05) is 23.2 Å². The minimum Gasteiger partial charge on any atom is -0.374 e. The van der Waals surface area contributed by atoms with E-state index in [4.69, 9.17) is 27.9 Å². The molecule has 0 radical (unpaired) electrons. The van der Waals surface area contributed by atoms with Crippen molar-refractivity contribution in [2.45, 2.75) is 32.4 Å². The van der Waals surface area contributed by atoms with E-state index in [0.29, 0.717) is 28.8 Å². The number of anilines is 1. The van der Waals surface area contributed by atoms with Crippen LogP contribution in [0, 0.1) is 0 Å². The van der Waals surface area contributed by atoms with Crippen molar-refractivity contribution in [1.82, 2.24) is 14.7 Å². The molecule has 6 nitrogen and oxygen atoms in total. The number of carbonyl (C=O) groups excluding carboxylic acids is 1. The maximum absolute atomic E-state index is 12.5. The van der Waals surface area contributed by atoms with Gasteiger partial charge in [-0.3, -0.25) is 9.80 Å². The number of hydrogen-bond donors (Lipinski definition) is 1. The molecule has 1 N–H and O–H groups in total. The first-order valence-corrected chi connectivity index (χ1v) is 10.6. The van der Waals surface area contributed by atoms with Gasteiger partial charge in [-0.2, -0.15) is 0 Å². The van der Waals surface area contributed by atoms with Crippen molar-refractivity contribution in [3.63, 3.8) is 0 Å². The summed E-state index contributed by atoms with van der Waals surface area (Å²) in [7, 11) is 0. The van der Waals surface area contributed by atoms with Crippen LogP contribution in [0.2, 0.25) is 10.0 Å². The fourth-order valence-electron chi connectivity index (χ4n) is 3.64. The summed E-state index contributed by atoms with van der Waals surface area (Å²) in [6, 6.07) is 5.00. The lowest BCUT2D eigenvalue weighted by Crippen LogP contribution is -2.56. The van der Waals surface area contributed by atoms with Gasteiger partial charge in [-0.25, -0.2) is 4.79 Å². The Morgan fingerprint density at radius 1 is 1.14 bits per heavy atom. The molecule has 2 aliphatic heterocycles. The summed E-state index contributed by atoms with van der Waals surface area (Å²) in [4.78, 5) is 19.2. The van der Waals surface area contributed by atoms with E-state index in [1.165, 1.54) is 0 Å². The SMILES string of the molecule is CC(C)(C)N1CCO[C@@H](CN2CCN(C(=O)Nc3ccc(Cl)c(Cl)c3)CC2)C1.